The van der Waals surface area contributed by atoms with E-state index in [4.69, 9.17) is 4.74 Å². The molecule has 0 aromatic carbocycles. The highest BCUT2D eigenvalue weighted by molar-refractivity contribution is 5.80. The van der Waals surface area contributed by atoms with Crippen molar-refractivity contribution in [2.75, 3.05) is 13.2 Å². The van der Waals surface area contributed by atoms with Gasteiger partial charge in [0.05, 0.1) is 19.3 Å². The predicted octanol–water partition coefficient (Wildman–Crippen LogP) is 1.05. The second-order valence-electron chi connectivity index (χ2n) is 5.06. The number of nitrogens with one attached hydrogen (secondary N) is 1. The molecular formula is C12H16FNO2. The zero-order valence-electron chi connectivity index (χ0n) is 9.06. The first kappa shape index (κ1) is 10.3. The van der Waals surface area contributed by atoms with Crippen LogP contribution in [-0.2, 0) is 9.53 Å². The molecule has 5 unspecified atom stereocenters. The lowest BCUT2D eigenvalue weighted by Gasteiger charge is -2.20. The van der Waals surface area contributed by atoms with Crippen LogP contribution in [-0.4, -0.2) is 31.3 Å². The SMILES string of the molecule is O=C(NC1COCC1F)C1CC2C=CC1C2. The first-order valence-corrected chi connectivity index (χ1v) is 5.94. The lowest BCUT2D eigenvalue weighted by molar-refractivity contribution is -0.126. The molecule has 0 radical (unpaired) electrons. The average Bonchev–Trinajstić information content (AvgIpc) is 2.95. The Bertz CT molecular complexity index is 331. The minimum atomic E-state index is -1.04. The molecule has 1 heterocycles. The summed E-state index contributed by atoms with van der Waals surface area (Å²) in [6.45, 7) is 0.422. The van der Waals surface area contributed by atoms with Crippen LogP contribution in [0.25, 0.3) is 0 Å². The van der Waals surface area contributed by atoms with Crippen molar-refractivity contribution >= 4 is 5.91 Å². The third-order valence-electron chi connectivity index (χ3n) is 3.95. The maximum Gasteiger partial charge on any atom is 0.224 e. The molecule has 1 saturated heterocycles. The molecule has 3 rings (SSSR count). The number of hydrogen-bond acceptors (Lipinski definition) is 2. The Morgan fingerprint density at radius 3 is 2.75 bits per heavy atom. The van der Waals surface area contributed by atoms with E-state index >= 15 is 0 Å². The van der Waals surface area contributed by atoms with E-state index in [1.165, 1.54) is 0 Å². The highest BCUT2D eigenvalue weighted by Crippen LogP contribution is 2.43. The monoisotopic (exact) mass is 225 g/mol. The summed E-state index contributed by atoms with van der Waals surface area (Å²) < 4.78 is 18.3. The largest absolute Gasteiger partial charge is 0.376 e. The molecule has 0 aromatic rings. The molecular weight excluding hydrogens is 209 g/mol. The van der Waals surface area contributed by atoms with Gasteiger partial charge in [0, 0.05) is 5.92 Å². The summed E-state index contributed by atoms with van der Waals surface area (Å²) in [6.07, 6.45) is 5.32. The fraction of sp³-hybridized carbons (Fsp3) is 0.750. The Kier molecular flexibility index (Phi) is 2.46. The number of allylic oxidation sites excluding steroid dienone is 2. The van der Waals surface area contributed by atoms with Gasteiger partial charge in [-0.15, -0.1) is 0 Å². The van der Waals surface area contributed by atoms with Crippen LogP contribution in [0.15, 0.2) is 12.2 Å². The third kappa shape index (κ3) is 1.65. The van der Waals surface area contributed by atoms with Crippen molar-refractivity contribution in [2.45, 2.75) is 25.1 Å². The van der Waals surface area contributed by atoms with Gasteiger partial charge in [0.2, 0.25) is 5.91 Å². The highest BCUT2D eigenvalue weighted by Gasteiger charge is 2.41. The molecule has 1 N–H and O–H groups in total. The third-order valence-corrected chi connectivity index (χ3v) is 3.95. The van der Waals surface area contributed by atoms with E-state index in [2.05, 4.69) is 17.5 Å². The van der Waals surface area contributed by atoms with E-state index in [9.17, 15) is 9.18 Å². The van der Waals surface area contributed by atoms with E-state index in [1.807, 2.05) is 0 Å². The van der Waals surface area contributed by atoms with Gasteiger partial charge >= 0.3 is 0 Å². The molecule has 1 saturated carbocycles. The number of halogens is 1. The molecule has 1 amide bonds. The molecule has 0 spiro atoms. The van der Waals surface area contributed by atoms with Crippen LogP contribution in [0.3, 0.4) is 0 Å². The lowest BCUT2D eigenvalue weighted by atomic mass is 9.92. The van der Waals surface area contributed by atoms with E-state index < -0.39 is 12.2 Å². The van der Waals surface area contributed by atoms with Crippen LogP contribution in [0.1, 0.15) is 12.8 Å². The van der Waals surface area contributed by atoms with E-state index in [0.717, 1.165) is 12.8 Å². The first-order valence-electron chi connectivity index (χ1n) is 5.94. The molecule has 1 aliphatic heterocycles. The normalized spacial score (nSPS) is 45.2. The number of alkyl halides is 1. The summed E-state index contributed by atoms with van der Waals surface area (Å²) in [5.41, 5.74) is 0. The first-order chi connectivity index (χ1) is 7.74. The zero-order chi connectivity index (χ0) is 11.1. The van der Waals surface area contributed by atoms with Gasteiger partial charge in [0.1, 0.15) is 6.17 Å². The lowest BCUT2D eigenvalue weighted by Crippen LogP contribution is -2.44. The maximum atomic E-state index is 13.3. The standard InChI is InChI=1S/C12H16FNO2/c13-10-5-16-6-11(10)14-12(15)9-4-7-1-2-8(9)3-7/h1-2,7-11H,3-6H2,(H,14,15). The van der Waals surface area contributed by atoms with Gasteiger partial charge in [0.15, 0.2) is 0 Å². The Hall–Kier alpha value is -0.900. The van der Waals surface area contributed by atoms with Crippen molar-refractivity contribution in [3.63, 3.8) is 0 Å². The summed E-state index contributed by atoms with van der Waals surface area (Å²) in [7, 11) is 0. The van der Waals surface area contributed by atoms with Crippen molar-refractivity contribution in [1.29, 1.82) is 0 Å². The molecule has 4 heteroatoms. The Morgan fingerprint density at radius 1 is 1.31 bits per heavy atom. The summed E-state index contributed by atoms with van der Waals surface area (Å²) >= 11 is 0. The van der Waals surface area contributed by atoms with Crippen molar-refractivity contribution in [1.82, 2.24) is 5.32 Å². The fourth-order valence-corrected chi connectivity index (χ4v) is 3.03. The Balaban J connectivity index is 1.59. The molecule has 0 aromatic heterocycles. The topological polar surface area (TPSA) is 38.3 Å². The number of carbonyl (C=O) groups excluding carboxylic acids is 1. The quantitative estimate of drug-likeness (QED) is 0.713. The molecule has 2 bridgehead atoms. The highest BCUT2D eigenvalue weighted by atomic mass is 19.1. The summed E-state index contributed by atoms with van der Waals surface area (Å²) in [4.78, 5) is 12.0. The van der Waals surface area contributed by atoms with Gasteiger partial charge in [-0.2, -0.15) is 0 Å². The number of fused-ring (bicyclic) bond motifs is 2. The Morgan fingerprint density at radius 2 is 2.19 bits per heavy atom. The van der Waals surface area contributed by atoms with Crippen LogP contribution < -0.4 is 5.32 Å². The summed E-state index contributed by atoms with van der Waals surface area (Å²) in [5.74, 6) is 1.02. The molecule has 2 aliphatic carbocycles. The van der Waals surface area contributed by atoms with E-state index in [-0.39, 0.29) is 18.4 Å². The van der Waals surface area contributed by atoms with Crippen LogP contribution in [0, 0.1) is 17.8 Å². The Labute approximate surface area is 94.0 Å². The van der Waals surface area contributed by atoms with E-state index in [0.29, 0.717) is 18.4 Å². The molecule has 5 atom stereocenters. The fourth-order valence-electron chi connectivity index (χ4n) is 3.03. The van der Waals surface area contributed by atoms with Crippen LogP contribution in [0.5, 0.6) is 0 Å². The minimum Gasteiger partial charge on any atom is -0.376 e. The molecule has 3 nitrogen and oxygen atoms in total. The molecule has 3 aliphatic rings. The summed E-state index contributed by atoms with van der Waals surface area (Å²) in [6, 6.07) is -0.435. The molecule has 88 valence electrons. The molecule has 16 heavy (non-hydrogen) atoms. The number of hydrogen-bond donors (Lipinski definition) is 1. The predicted molar refractivity (Wildman–Crippen MR) is 56.5 cm³/mol. The smallest absolute Gasteiger partial charge is 0.224 e. The number of amides is 1. The number of rotatable bonds is 2. The second kappa shape index (κ2) is 3.84. The minimum absolute atomic E-state index is 0.00926. The van der Waals surface area contributed by atoms with Crippen LogP contribution in [0.4, 0.5) is 4.39 Å². The van der Waals surface area contributed by atoms with Gasteiger partial charge in [-0.3, -0.25) is 4.79 Å². The number of carbonyl (C=O) groups is 1. The van der Waals surface area contributed by atoms with Gasteiger partial charge < -0.3 is 10.1 Å². The van der Waals surface area contributed by atoms with Crippen molar-refractivity contribution in [3.8, 4) is 0 Å². The second-order valence-corrected chi connectivity index (χ2v) is 5.06. The van der Waals surface area contributed by atoms with Gasteiger partial charge in [-0.05, 0) is 24.7 Å². The van der Waals surface area contributed by atoms with Gasteiger partial charge in [0.25, 0.3) is 0 Å². The average molecular weight is 225 g/mol. The number of ether oxygens (including phenoxy) is 1. The zero-order valence-corrected chi connectivity index (χ0v) is 9.06. The van der Waals surface area contributed by atoms with Crippen molar-refractivity contribution < 1.29 is 13.9 Å². The van der Waals surface area contributed by atoms with Crippen molar-refractivity contribution in [3.05, 3.63) is 12.2 Å². The summed E-state index contributed by atoms with van der Waals surface area (Å²) in [5, 5.41) is 2.78. The van der Waals surface area contributed by atoms with E-state index in [1.54, 1.807) is 0 Å². The van der Waals surface area contributed by atoms with Crippen LogP contribution in [0.2, 0.25) is 0 Å². The van der Waals surface area contributed by atoms with Gasteiger partial charge in [-0.25, -0.2) is 4.39 Å². The van der Waals surface area contributed by atoms with Crippen LogP contribution >= 0.6 is 0 Å². The van der Waals surface area contributed by atoms with Gasteiger partial charge in [-0.1, -0.05) is 12.2 Å². The molecule has 2 fully saturated rings. The van der Waals surface area contributed by atoms with Crippen molar-refractivity contribution in [2.24, 2.45) is 17.8 Å². The maximum absolute atomic E-state index is 13.3.